The van der Waals surface area contributed by atoms with Crippen LogP contribution in [0, 0.1) is 0 Å². The van der Waals surface area contributed by atoms with Crippen LogP contribution in [0.25, 0.3) is 0 Å². The average Bonchev–Trinajstić information content (AvgIpc) is 2.56. The molecule has 0 bridgehead atoms. The number of likely N-dealkylation sites (tertiary alicyclic amines) is 1. The van der Waals surface area contributed by atoms with Gasteiger partial charge in [-0.1, -0.05) is 36.8 Å². The molecule has 1 aromatic rings. The first kappa shape index (κ1) is 17.5. The molecule has 1 aliphatic rings. The van der Waals surface area contributed by atoms with Crippen LogP contribution in [0.2, 0.25) is 0 Å². The highest BCUT2D eigenvalue weighted by Crippen LogP contribution is 2.14. The fourth-order valence-corrected chi connectivity index (χ4v) is 3.08. The van der Waals surface area contributed by atoms with E-state index in [9.17, 15) is 9.59 Å². The number of benzene rings is 1. The molecule has 2 amide bonds. The van der Waals surface area contributed by atoms with E-state index in [1.807, 2.05) is 30.3 Å². The third kappa shape index (κ3) is 5.67. The summed E-state index contributed by atoms with van der Waals surface area (Å²) in [4.78, 5) is 26.2. The van der Waals surface area contributed by atoms with Crippen molar-refractivity contribution in [3.8, 4) is 0 Å². The second-order valence-corrected chi connectivity index (χ2v) is 6.36. The second kappa shape index (κ2) is 8.67. The lowest BCUT2D eigenvalue weighted by Crippen LogP contribution is -2.48. The number of rotatable bonds is 7. The molecule has 23 heavy (non-hydrogen) atoms. The van der Waals surface area contributed by atoms with E-state index in [1.54, 1.807) is 0 Å². The Kier molecular flexibility index (Phi) is 6.59. The van der Waals surface area contributed by atoms with Crippen molar-refractivity contribution < 1.29 is 9.59 Å². The van der Waals surface area contributed by atoms with Crippen LogP contribution in [0.4, 0.5) is 0 Å². The van der Waals surface area contributed by atoms with Gasteiger partial charge in [-0.25, -0.2) is 0 Å². The third-order valence-corrected chi connectivity index (χ3v) is 4.46. The zero-order valence-electron chi connectivity index (χ0n) is 13.8. The molecule has 2 atom stereocenters. The number of hydrogen-bond donors (Lipinski definition) is 2. The van der Waals surface area contributed by atoms with Crippen LogP contribution in [0.15, 0.2) is 30.3 Å². The molecule has 1 unspecified atom stereocenters. The van der Waals surface area contributed by atoms with Crippen molar-refractivity contribution in [3.05, 3.63) is 35.9 Å². The van der Waals surface area contributed by atoms with Crippen LogP contribution in [0.1, 0.15) is 38.2 Å². The van der Waals surface area contributed by atoms with Crippen LogP contribution < -0.4 is 11.1 Å². The number of amides is 2. The molecule has 2 rings (SSSR count). The molecule has 0 aromatic heterocycles. The molecule has 0 radical (unpaired) electrons. The standard InChI is InChI=1S/C18H27N3O2/c1-14(21-10-6-3-7-11-21)12-17(22)20-16(18(19)23)13-15-8-4-2-5-9-15/h2,4-5,8-9,14,16H,3,6-7,10-13H2,1H3,(H2,19,23)(H,20,22)/t14-,16?/m0/s1. The molecule has 1 saturated heterocycles. The van der Waals surface area contributed by atoms with E-state index >= 15 is 0 Å². The van der Waals surface area contributed by atoms with Gasteiger partial charge in [0, 0.05) is 18.9 Å². The predicted molar refractivity (Wildman–Crippen MR) is 90.8 cm³/mol. The molecule has 0 aliphatic carbocycles. The van der Waals surface area contributed by atoms with E-state index in [1.165, 1.54) is 19.3 Å². The maximum absolute atomic E-state index is 12.3. The Labute approximate surface area is 138 Å². The molecular weight excluding hydrogens is 290 g/mol. The lowest BCUT2D eigenvalue weighted by Gasteiger charge is -2.32. The summed E-state index contributed by atoms with van der Waals surface area (Å²) in [6, 6.07) is 9.14. The summed E-state index contributed by atoms with van der Waals surface area (Å²) in [6.45, 7) is 4.18. The minimum atomic E-state index is -0.654. The lowest BCUT2D eigenvalue weighted by molar-refractivity contribution is -0.128. The Balaban J connectivity index is 1.86. The number of piperidine rings is 1. The first-order chi connectivity index (χ1) is 11.1. The molecule has 3 N–H and O–H groups in total. The summed E-state index contributed by atoms with van der Waals surface area (Å²) < 4.78 is 0. The molecule has 0 spiro atoms. The summed E-state index contributed by atoms with van der Waals surface area (Å²) in [5.74, 6) is -0.601. The van der Waals surface area contributed by atoms with E-state index in [0.717, 1.165) is 18.7 Å². The lowest BCUT2D eigenvalue weighted by atomic mass is 10.0. The van der Waals surface area contributed by atoms with Crippen LogP contribution >= 0.6 is 0 Å². The largest absolute Gasteiger partial charge is 0.368 e. The summed E-state index contributed by atoms with van der Waals surface area (Å²) >= 11 is 0. The Hall–Kier alpha value is -1.88. The van der Waals surface area contributed by atoms with Crippen molar-refractivity contribution in [1.82, 2.24) is 10.2 Å². The van der Waals surface area contributed by atoms with E-state index in [-0.39, 0.29) is 11.9 Å². The normalized spacial score (nSPS) is 18.1. The fraction of sp³-hybridized carbons (Fsp3) is 0.556. The third-order valence-electron chi connectivity index (χ3n) is 4.46. The zero-order chi connectivity index (χ0) is 16.7. The van der Waals surface area contributed by atoms with E-state index in [0.29, 0.717) is 12.8 Å². The Bertz CT molecular complexity index is 512. The molecule has 1 fully saturated rings. The van der Waals surface area contributed by atoms with Gasteiger partial charge in [-0.15, -0.1) is 0 Å². The van der Waals surface area contributed by atoms with Crippen LogP contribution in [0.3, 0.4) is 0 Å². The van der Waals surface area contributed by atoms with Gasteiger partial charge in [-0.3, -0.25) is 9.59 Å². The van der Waals surface area contributed by atoms with Gasteiger partial charge >= 0.3 is 0 Å². The molecule has 0 saturated carbocycles. The fourth-order valence-electron chi connectivity index (χ4n) is 3.08. The SMILES string of the molecule is C[C@@H](CC(=O)NC(Cc1ccccc1)C(N)=O)N1CCCCC1. The molecule has 5 heteroatoms. The van der Waals surface area contributed by atoms with Crippen LogP contribution in [-0.2, 0) is 16.0 Å². The average molecular weight is 317 g/mol. The smallest absolute Gasteiger partial charge is 0.240 e. The summed E-state index contributed by atoms with van der Waals surface area (Å²) in [5.41, 5.74) is 6.43. The van der Waals surface area contributed by atoms with Crippen molar-refractivity contribution in [3.63, 3.8) is 0 Å². The van der Waals surface area contributed by atoms with Crippen molar-refractivity contribution in [2.24, 2.45) is 5.73 Å². The van der Waals surface area contributed by atoms with Crippen molar-refractivity contribution in [2.45, 2.75) is 51.1 Å². The van der Waals surface area contributed by atoms with Gasteiger partial charge in [0.1, 0.15) is 6.04 Å². The minimum Gasteiger partial charge on any atom is -0.368 e. The Morgan fingerprint density at radius 2 is 1.83 bits per heavy atom. The Morgan fingerprint density at radius 1 is 1.17 bits per heavy atom. The summed E-state index contributed by atoms with van der Waals surface area (Å²) in [5, 5.41) is 2.79. The minimum absolute atomic E-state index is 0.109. The highest BCUT2D eigenvalue weighted by atomic mass is 16.2. The number of nitrogens with one attached hydrogen (secondary N) is 1. The summed E-state index contributed by atoms with van der Waals surface area (Å²) in [6.07, 6.45) is 4.50. The van der Waals surface area contributed by atoms with E-state index in [2.05, 4.69) is 17.1 Å². The van der Waals surface area contributed by atoms with Crippen molar-refractivity contribution >= 4 is 11.8 Å². The highest BCUT2D eigenvalue weighted by Gasteiger charge is 2.23. The van der Waals surface area contributed by atoms with Gasteiger partial charge in [0.05, 0.1) is 0 Å². The number of carbonyl (C=O) groups excluding carboxylic acids is 2. The van der Waals surface area contributed by atoms with Crippen molar-refractivity contribution in [2.75, 3.05) is 13.1 Å². The number of carbonyl (C=O) groups is 2. The molecule has 1 heterocycles. The van der Waals surface area contributed by atoms with E-state index < -0.39 is 11.9 Å². The van der Waals surface area contributed by atoms with Crippen molar-refractivity contribution in [1.29, 1.82) is 0 Å². The molecule has 5 nitrogen and oxygen atoms in total. The maximum Gasteiger partial charge on any atom is 0.240 e. The van der Waals surface area contributed by atoms with Gasteiger partial charge in [-0.2, -0.15) is 0 Å². The van der Waals surface area contributed by atoms with Gasteiger partial charge in [0.25, 0.3) is 0 Å². The second-order valence-electron chi connectivity index (χ2n) is 6.36. The first-order valence-electron chi connectivity index (χ1n) is 8.43. The van der Waals surface area contributed by atoms with Crippen LogP contribution in [-0.4, -0.2) is 41.9 Å². The quantitative estimate of drug-likeness (QED) is 0.799. The number of nitrogens with zero attached hydrogens (tertiary/aromatic N) is 1. The Morgan fingerprint density at radius 3 is 2.43 bits per heavy atom. The molecular formula is C18H27N3O2. The van der Waals surface area contributed by atoms with Gasteiger partial charge < -0.3 is 16.0 Å². The molecule has 126 valence electrons. The molecule has 1 aromatic carbocycles. The monoisotopic (exact) mass is 317 g/mol. The number of nitrogens with two attached hydrogens (primary N) is 1. The van der Waals surface area contributed by atoms with E-state index in [4.69, 9.17) is 5.73 Å². The number of hydrogen-bond acceptors (Lipinski definition) is 3. The van der Waals surface area contributed by atoms with Gasteiger partial charge in [0.15, 0.2) is 0 Å². The predicted octanol–water partition coefficient (Wildman–Crippen LogP) is 1.46. The van der Waals surface area contributed by atoms with Gasteiger partial charge in [-0.05, 0) is 38.4 Å². The van der Waals surface area contributed by atoms with Crippen LogP contribution in [0.5, 0.6) is 0 Å². The number of primary amides is 1. The maximum atomic E-state index is 12.3. The zero-order valence-corrected chi connectivity index (χ0v) is 13.8. The highest BCUT2D eigenvalue weighted by molar-refractivity contribution is 5.87. The first-order valence-corrected chi connectivity index (χ1v) is 8.43. The summed E-state index contributed by atoms with van der Waals surface area (Å²) in [7, 11) is 0. The van der Waals surface area contributed by atoms with Gasteiger partial charge in [0.2, 0.25) is 11.8 Å². The topological polar surface area (TPSA) is 75.4 Å². The molecule has 1 aliphatic heterocycles.